The minimum absolute atomic E-state index is 0.106. The lowest BCUT2D eigenvalue weighted by Crippen LogP contribution is -2.26. The molecule has 0 saturated carbocycles. The molecule has 5 atom stereocenters. The molecule has 1 saturated heterocycles. The second-order valence-electron chi connectivity index (χ2n) is 6.60. The van der Waals surface area contributed by atoms with Crippen LogP contribution in [0.1, 0.15) is 54.7 Å². The Hall–Kier alpha value is -0.860. The Morgan fingerprint density at radius 1 is 0.950 bits per heavy atom. The van der Waals surface area contributed by atoms with Gasteiger partial charge in [0.1, 0.15) is 0 Å². The molecule has 1 aliphatic heterocycles. The zero-order valence-electron chi connectivity index (χ0n) is 13.8. The first kappa shape index (κ1) is 15.5. The molecule has 0 amide bonds. The number of hydrogen-bond donors (Lipinski definition) is 1. The first-order valence-electron chi connectivity index (χ1n) is 7.66. The van der Waals surface area contributed by atoms with Crippen molar-refractivity contribution in [1.82, 2.24) is 0 Å². The van der Waals surface area contributed by atoms with Crippen molar-refractivity contribution in [3.63, 3.8) is 0 Å². The fourth-order valence-electron chi connectivity index (χ4n) is 3.72. The summed E-state index contributed by atoms with van der Waals surface area (Å²) in [5.74, 6) is 0.545. The quantitative estimate of drug-likeness (QED) is 0.884. The molecule has 0 aromatic heterocycles. The van der Waals surface area contributed by atoms with E-state index in [-0.39, 0.29) is 18.1 Å². The van der Waals surface area contributed by atoms with Crippen LogP contribution in [0.5, 0.6) is 0 Å². The van der Waals surface area contributed by atoms with Gasteiger partial charge in [0.25, 0.3) is 0 Å². The van der Waals surface area contributed by atoms with Crippen molar-refractivity contribution in [2.24, 2.45) is 11.8 Å². The summed E-state index contributed by atoms with van der Waals surface area (Å²) in [5, 5.41) is 11.0. The summed E-state index contributed by atoms with van der Waals surface area (Å²) in [7, 11) is 0. The molecule has 1 N–H and O–H groups in total. The normalized spacial score (nSPS) is 31.6. The van der Waals surface area contributed by atoms with Crippen LogP contribution in [0.25, 0.3) is 0 Å². The fraction of sp³-hybridized carbons (Fsp3) is 0.667. The van der Waals surface area contributed by atoms with E-state index in [0.29, 0.717) is 5.92 Å². The molecule has 1 aromatic rings. The van der Waals surface area contributed by atoms with E-state index in [4.69, 9.17) is 4.74 Å². The highest BCUT2D eigenvalue weighted by Gasteiger charge is 2.42. The van der Waals surface area contributed by atoms with Gasteiger partial charge in [-0.2, -0.15) is 0 Å². The highest BCUT2D eigenvalue weighted by molar-refractivity contribution is 5.45. The van der Waals surface area contributed by atoms with E-state index in [2.05, 4.69) is 54.5 Å². The van der Waals surface area contributed by atoms with Gasteiger partial charge >= 0.3 is 0 Å². The smallest absolute Gasteiger partial charge is 0.0851 e. The van der Waals surface area contributed by atoms with E-state index in [9.17, 15) is 5.11 Å². The number of aryl methyl sites for hydroxylation is 2. The van der Waals surface area contributed by atoms with Gasteiger partial charge in [0.05, 0.1) is 18.3 Å². The van der Waals surface area contributed by atoms with Crippen LogP contribution < -0.4 is 0 Å². The molecule has 0 bridgehead atoms. The van der Waals surface area contributed by atoms with Gasteiger partial charge < -0.3 is 9.84 Å². The predicted molar refractivity (Wildman–Crippen MR) is 83.0 cm³/mol. The largest absolute Gasteiger partial charge is 0.388 e. The topological polar surface area (TPSA) is 29.5 Å². The van der Waals surface area contributed by atoms with Gasteiger partial charge in [0.15, 0.2) is 0 Å². The van der Waals surface area contributed by atoms with Crippen LogP contribution in [0.15, 0.2) is 6.07 Å². The molecule has 0 spiro atoms. The van der Waals surface area contributed by atoms with Crippen LogP contribution in [0.2, 0.25) is 0 Å². The van der Waals surface area contributed by atoms with Crippen molar-refractivity contribution in [3.05, 3.63) is 33.9 Å². The van der Waals surface area contributed by atoms with E-state index >= 15 is 0 Å². The standard InChI is InChI=1S/C18H28O2/c1-9-8-10(2)12(4)16(11(9)3)18(19)17-13(5)14(6)20-15(17)7/h8,13-15,17-19H,1-7H3. The molecule has 2 rings (SSSR count). The molecule has 0 radical (unpaired) electrons. The van der Waals surface area contributed by atoms with Gasteiger partial charge in [-0.15, -0.1) is 0 Å². The Labute approximate surface area is 123 Å². The zero-order chi connectivity index (χ0) is 15.2. The maximum Gasteiger partial charge on any atom is 0.0851 e. The first-order chi connectivity index (χ1) is 9.25. The number of aliphatic hydroxyl groups is 1. The SMILES string of the molecule is Cc1cc(C)c(C)c(C(O)C2C(C)OC(C)C2C)c1C. The molecular formula is C18H28O2. The Kier molecular flexibility index (Phi) is 4.27. The minimum atomic E-state index is -0.441. The maximum absolute atomic E-state index is 11.0. The van der Waals surface area contributed by atoms with E-state index in [1.807, 2.05) is 0 Å². The fourth-order valence-corrected chi connectivity index (χ4v) is 3.72. The molecular weight excluding hydrogens is 248 g/mol. The lowest BCUT2D eigenvalue weighted by atomic mass is 9.78. The number of aliphatic hydroxyl groups excluding tert-OH is 1. The number of benzene rings is 1. The second-order valence-corrected chi connectivity index (χ2v) is 6.60. The molecule has 20 heavy (non-hydrogen) atoms. The summed E-state index contributed by atoms with van der Waals surface area (Å²) in [5.41, 5.74) is 6.08. The molecule has 2 heteroatoms. The van der Waals surface area contributed by atoms with Crippen LogP contribution in [-0.4, -0.2) is 17.3 Å². The van der Waals surface area contributed by atoms with Crippen molar-refractivity contribution >= 4 is 0 Å². The predicted octanol–water partition coefficient (Wildman–Crippen LogP) is 4.01. The Bertz CT molecular complexity index is 480. The average Bonchev–Trinajstić information content (AvgIpc) is 2.61. The molecule has 112 valence electrons. The van der Waals surface area contributed by atoms with E-state index in [1.165, 1.54) is 22.3 Å². The summed E-state index contributed by atoms with van der Waals surface area (Å²) < 4.78 is 5.91. The van der Waals surface area contributed by atoms with Crippen molar-refractivity contribution < 1.29 is 9.84 Å². The van der Waals surface area contributed by atoms with E-state index in [1.54, 1.807) is 0 Å². The van der Waals surface area contributed by atoms with Crippen LogP contribution >= 0.6 is 0 Å². The van der Waals surface area contributed by atoms with Gasteiger partial charge in [-0.05, 0) is 75.3 Å². The Balaban J connectivity index is 2.46. The highest BCUT2D eigenvalue weighted by atomic mass is 16.5. The lowest BCUT2D eigenvalue weighted by Gasteiger charge is -2.28. The number of ether oxygens (including phenoxy) is 1. The van der Waals surface area contributed by atoms with Crippen molar-refractivity contribution in [2.45, 2.75) is 66.8 Å². The molecule has 5 unspecified atom stereocenters. The van der Waals surface area contributed by atoms with Gasteiger partial charge in [-0.1, -0.05) is 13.0 Å². The van der Waals surface area contributed by atoms with Gasteiger partial charge in [-0.3, -0.25) is 0 Å². The van der Waals surface area contributed by atoms with Crippen LogP contribution in [-0.2, 0) is 4.74 Å². The van der Waals surface area contributed by atoms with Crippen LogP contribution in [0.4, 0.5) is 0 Å². The van der Waals surface area contributed by atoms with Crippen molar-refractivity contribution in [1.29, 1.82) is 0 Å². The third-order valence-corrected chi connectivity index (χ3v) is 5.40. The van der Waals surface area contributed by atoms with E-state index in [0.717, 1.165) is 5.56 Å². The third-order valence-electron chi connectivity index (χ3n) is 5.40. The molecule has 1 fully saturated rings. The van der Waals surface area contributed by atoms with Crippen molar-refractivity contribution in [2.75, 3.05) is 0 Å². The van der Waals surface area contributed by atoms with Crippen molar-refractivity contribution in [3.8, 4) is 0 Å². The van der Waals surface area contributed by atoms with Gasteiger partial charge in [0, 0.05) is 5.92 Å². The molecule has 0 aliphatic carbocycles. The lowest BCUT2D eigenvalue weighted by molar-refractivity contribution is 0.0227. The Morgan fingerprint density at radius 2 is 1.45 bits per heavy atom. The molecule has 2 nitrogen and oxygen atoms in total. The zero-order valence-corrected chi connectivity index (χ0v) is 13.8. The van der Waals surface area contributed by atoms with Crippen LogP contribution in [0.3, 0.4) is 0 Å². The number of hydrogen-bond acceptors (Lipinski definition) is 2. The highest BCUT2D eigenvalue weighted by Crippen LogP contribution is 2.42. The second kappa shape index (κ2) is 5.50. The number of rotatable bonds is 2. The summed E-state index contributed by atoms with van der Waals surface area (Å²) >= 11 is 0. The molecule has 1 aliphatic rings. The summed E-state index contributed by atoms with van der Waals surface area (Å²) in [6.45, 7) is 14.9. The summed E-state index contributed by atoms with van der Waals surface area (Å²) in [6.07, 6.45) is -0.116. The van der Waals surface area contributed by atoms with Crippen LogP contribution in [0, 0.1) is 39.5 Å². The molecule has 1 heterocycles. The third kappa shape index (κ3) is 2.40. The minimum Gasteiger partial charge on any atom is -0.388 e. The van der Waals surface area contributed by atoms with Gasteiger partial charge in [0.2, 0.25) is 0 Å². The maximum atomic E-state index is 11.0. The monoisotopic (exact) mass is 276 g/mol. The van der Waals surface area contributed by atoms with Gasteiger partial charge in [-0.25, -0.2) is 0 Å². The average molecular weight is 276 g/mol. The summed E-state index contributed by atoms with van der Waals surface area (Å²) in [4.78, 5) is 0. The first-order valence-corrected chi connectivity index (χ1v) is 7.66. The van der Waals surface area contributed by atoms with E-state index < -0.39 is 6.10 Å². The molecule has 1 aromatic carbocycles. The Morgan fingerprint density at radius 3 is 1.85 bits per heavy atom. The summed E-state index contributed by atoms with van der Waals surface area (Å²) in [6, 6.07) is 2.21.